The Morgan fingerprint density at radius 1 is 0.958 bits per heavy atom. The molecule has 2 atom stereocenters. The standard InChI is InChI=1S/C20H26N2S.ClH/c21-13-19-14-22(15-20(19)18-9-5-2-6-10-18)11-12-23-16-17-7-3-1-4-8-17;/h1-10,19-20H,11-16,21H2;1H/t19-,20+;/m1./s1. The fourth-order valence-electron chi connectivity index (χ4n) is 3.42. The third-order valence-corrected chi connectivity index (χ3v) is 5.72. The summed E-state index contributed by atoms with van der Waals surface area (Å²) < 4.78 is 0. The normalized spacial score (nSPS) is 20.7. The summed E-state index contributed by atoms with van der Waals surface area (Å²) in [5.41, 5.74) is 8.89. The highest BCUT2D eigenvalue weighted by Crippen LogP contribution is 2.32. The van der Waals surface area contributed by atoms with Crippen LogP contribution < -0.4 is 5.73 Å². The molecule has 0 saturated carbocycles. The summed E-state index contributed by atoms with van der Waals surface area (Å²) in [5.74, 6) is 3.49. The summed E-state index contributed by atoms with van der Waals surface area (Å²) in [6.45, 7) is 4.24. The quantitative estimate of drug-likeness (QED) is 0.754. The van der Waals surface area contributed by atoms with Gasteiger partial charge >= 0.3 is 0 Å². The summed E-state index contributed by atoms with van der Waals surface area (Å²) in [6.07, 6.45) is 0. The first kappa shape index (κ1) is 19.3. The number of likely N-dealkylation sites (tertiary alicyclic amines) is 1. The summed E-state index contributed by atoms with van der Waals surface area (Å²) in [6, 6.07) is 21.6. The van der Waals surface area contributed by atoms with Crippen LogP contribution in [-0.4, -0.2) is 36.8 Å². The van der Waals surface area contributed by atoms with Crippen molar-refractivity contribution < 1.29 is 0 Å². The largest absolute Gasteiger partial charge is 0.330 e. The highest BCUT2D eigenvalue weighted by molar-refractivity contribution is 7.98. The smallest absolute Gasteiger partial charge is 0.0185 e. The Kier molecular flexibility index (Phi) is 8.13. The first-order chi connectivity index (χ1) is 11.4. The number of hydrogen-bond acceptors (Lipinski definition) is 3. The van der Waals surface area contributed by atoms with Crippen molar-refractivity contribution in [2.24, 2.45) is 11.7 Å². The number of nitrogens with zero attached hydrogens (tertiary/aromatic N) is 1. The minimum Gasteiger partial charge on any atom is -0.330 e. The molecule has 4 heteroatoms. The summed E-state index contributed by atoms with van der Waals surface area (Å²) in [7, 11) is 0. The van der Waals surface area contributed by atoms with Gasteiger partial charge in [0.05, 0.1) is 0 Å². The number of thioether (sulfide) groups is 1. The van der Waals surface area contributed by atoms with E-state index in [2.05, 4.69) is 65.6 Å². The van der Waals surface area contributed by atoms with Crippen molar-refractivity contribution in [2.45, 2.75) is 11.7 Å². The Hall–Kier alpha value is -1.00. The Balaban J connectivity index is 0.00000208. The van der Waals surface area contributed by atoms with E-state index in [0.29, 0.717) is 11.8 Å². The molecule has 0 aromatic heterocycles. The predicted octanol–water partition coefficient (Wildman–Crippen LogP) is 4.02. The van der Waals surface area contributed by atoms with Crippen molar-refractivity contribution in [2.75, 3.05) is 31.9 Å². The van der Waals surface area contributed by atoms with Crippen LogP contribution in [0.25, 0.3) is 0 Å². The molecule has 0 aliphatic carbocycles. The van der Waals surface area contributed by atoms with Gasteiger partial charge in [-0.2, -0.15) is 11.8 Å². The lowest BCUT2D eigenvalue weighted by molar-refractivity contribution is 0.345. The highest BCUT2D eigenvalue weighted by atomic mass is 35.5. The van der Waals surface area contributed by atoms with Gasteiger partial charge in [-0.25, -0.2) is 0 Å². The van der Waals surface area contributed by atoms with Gasteiger partial charge in [0.15, 0.2) is 0 Å². The van der Waals surface area contributed by atoms with Gasteiger partial charge in [0.2, 0.25) is 0 Å². The van der Waals surface area contributed by atoms with Gasteiger partial charge in [0.1, 0.15) is 0 Å². The van der Waals surface area contributed by atoms with Crippen LogP contribution in [0.4, 0.5) is 0 Å². The second kappa shape index (κ2) is 10.1. The van der Waals surface area contributed by atoms with Crippen LogP contribution in [0.3, 0.4) is 0 Å². The molecule has 0 spiro atoms. The summed E-state index contributed by atoms with van der Waals surface area (Å²) in [4.78, 5) is 2.59. The minimum atomic E-state index is 0. The van der Waals surface area contributed by atoms with Crippen molar-refractivity contribution in [3.8, 4) is 0 Å². The third-order valence-electron chi connectivity index (χ3n) is 4.71. The molecule has 1 heterocycles. The fraction of sp³-hybridized carbons (Fsp3) is 0.400. The van der Waals surface area contributed by atoms with E-state index in [-0.39, 0.29) is 12.4 Å². The van der Waals surface area contributed by atoms with Gasteiger partial charge in [-0.3, -0.25) is 0 Å². The first-order valence-corrected chi connectivity index (χ1v) is 9.61. The molecule has 0 bridgehead atoms. The van der Waals surface area contributed by atoms with Gasteiger partial charge < -0.3 is 10.6 Å². The Morgan fingerprint density at radius 2 is 1.62 bits per heavy atom. The van der Waals surface area contributed by atoms with Crippen molar-refractivity contribution in [3.05, 3.63) is 71.8 Å². The van der Waals surface area contributed by atoms with E-state index < -0.39 is 0 Å². The van der Waals surface area contributed by atoms with Gasteiger partial charge in [0, 0.05) is 37.1 Å². The predicted molar refractivity (Wildman–Crippen MR) is 108 cm³/mol. The van der Waals surface area contributed by atoms with E-state index in [0.717, 1.165) is 31.9 Å². The van der Waals surface area contributed by atoms with Crippen LogP contribution in [0.1, 0.15) is 17.0 Å². The molecule has 2 nitrogen and oxygen atoms in total. The van der Waals surface area contributed by atoms with Gasteiger partial charge in [-0.05, 0) is 23.6 Å². The average molecular weight is 363 g/mol. The molecular weight excluding hydrogens is 336 g/mol. The van der Waals surface area contributed by atoms with Crippen molar-refractivity contribution >= 4 is 24.2 Å². The Bertz CT molecular complexity index is 579. The second-order valence-corrected chi connectivity index (χ2v) is 7.42. The zero-order chi connectivity index (χ0) is 15.9. The first-order valence-electron chi connectivity index (χ1n) is 8.46. The molecule has 2 N–H and O–H groups in total. The van der Waals surface area contributed by atoms with Crippen LogP contribution in [0.15, 0.2) is 60.7 Å². The number of nitrogens with two attached hydrogens (primary N) is 1. The van der Waals surface area contributed by atoms with Crippen LogP contribution >= 0.6 is 24.2 Å². The monoisotopic (exact) mass is 362 g/mol. The van der Waals surface area contributed by atoms with Crippen LogP contribution in [0.2, 0.25) is 0 Å². The molecule has 1 saturated heterocycles. The lowest BCUT2D eigenvalue weighted by Gasteiger charge is -2.16. The molecule has 3 rings (SSSR count). The number of benzene rings is 2. The second-order valence-electron chi connectivity index (χ2n) is 6.31. The molecule has 2 aromatic rings. The lowest BCUT2D eigenvalue weighted by atomic mass is 9.89. The molecule has 2 aromatic carbocycles. The molecular formula is C20H27ClN2S. The van der Waals surface area contributed by atoms with Crippen molar-refractivity contribution in [1.82, 2.24) is 4.90 Å². The van der Waals surface area contributed by atoms with Crippen LogP contribution in [0, 0.1) is 5.92 Å². The summed E-state index contributed by atoms with van der Waals surface area (Å²) >= 11 is 2.03. The topological polar surface area (TPSA) is 29.3 Å². The van der Waals surface area contributed by atoms with Crippen molar-refractivity contribution in [3.63, 3.8) is 0 Å². The van der Waals surface area contributed by atoms with Gasteiger partial charge in [-0.1, -0.05) is 60.7 Å². The molecule has 1 aliphatic rings. The lowest BCUT2D eigenvalue weighted by Crippen LogP contribution is -2.25. The average Bonchev–Trinajstić information content (AvgIpc) is 3.04. The molecule has 0 radical (unpaired) electrons. The minimum absolute atomic E-state index is 0. The van der Waals surface area contributed by atoms with E-state index in [1.165, 1.54) is 16.9 Å². The zero-order valence-corrected chi connectivity index (χ0v) is 15.6. The molecule has 1 aliphatic heterocycles. The summed E-state index contributed by atoms with van der Waals surface area (Å²) in [5, 5.41) is 0. The Labute approximate surface area is 156 Å². The molecule has 24 heavy (non-hydrogen) atoms. The molecule has 130 valence electrons. The molecule has 0 amide bonds. The Morgan fingerprint density at radius 3 is 2.29 bits per heavy atom. The number of hydrogen-bond donors (Lipinski definition) is 1. The SMILES string of the molecule is Cl.NC[C@@H]1CN(CCSCc2ccccc2)C[C@H]1c1ccccc1. The van der Waals surface area contributed by atoms with Crippen LogP contribution in [0.5, 0.6) is 0 Å². The van der Waals surface area contributed by atoms with E-state index in [1.54, 1.807) is 0 Å². The fourth-order valence-corrected chi connectivity index (χ4v) is 4.38. The third kappa shape index (κ3) is 5.25. The molecule has 0 unspecified atom stereocenters. The van der Waals surface area contributed by atoms with E-state index in [9.17, 15) is 0 Å². The maximum atomic E-state index is 6.02. The highest BCUT2D eigenvalue weighted by Gasteiger charge is 2.32. The zero-order valence-electron chi connectivity index (χ0n) is 14.0. The maximum absolute atomic E-state index is 6.02. The van der Waals surface area contributed by atoms with Gasteiger partial charge in [-0.15, -0.1) is 12.4 Å². The van der Waals surface area contributed by atoms with Crippen molar-refractivity contribution in [1.29, 1.82) is 0 Å². The van der Waals surface area contributed by atoms with Crippen LogP contribution in [-0.2, 0) is 5.75 Å². The van der Waals surface area contributed by atoms with Gasteiger partial charge in [0.25, 0.3) is 0 Å². The maximum Gasteiger partial charge on any atom is 0.0185 e. The van der Waals surface area contributed by atoms with E-state index in [1.807, 2.05) is 11.8 Å². The molecule has 1 fully saturated rings. The van der Waals surface area contributed by atoms with E-state index >= 15 is 0 Å². The number of rotatable bonds is 7. The number of halogens is 1. The van der Waals surface area contributed by atoms with E-state index in [4.69, 9.17) is 5.73 Å².